The summed E-state index contributed by atoms with van der Waals surface area (Å²) in [5.74, 6) is 0.169. The minimum absolute atomic E-state index is 0.00362. The molecule has 0 saturated carbocycles. The quantitative estimate of drug-likeness (QED) is 0.746. The number of halogens is 1. The van der Waals surface area contributed by atoms with Crippen LogP contribution in [0.4, 0.5) is 0 Å². The van der Waals surface area contributed by atoms with Crippen molar-refractivity contribution in [2.45, 2.75) is 6.04 Å². The lowest BCUT2D eigenvalue weighted by Gasteiger charge is -2.24. The van der Waals surface area contributed by atoms with Gasteiger partial charge in [-0.05, 0) is 35.9 Å². The number of aliphatic hydroxyl groups excluding tert-OH is 1. The van der Waals surface area contributed by atoms with Crippen LogP contribution in [0.5, 0.6) is 5.75 Å². The maximum atomic E-state index is 13.2. The molecular weight excluding hydrogens is 370 g/mol. The molecular formula is C20H16ClNO5. The molecule has 4 rings (SSSR count). The zero-order valence-corrected chi connectivity index (χ0v) is 15.2. The van der Waals surface area contributed by atoms with E-state index in [1.165, 1.54) is 11.0 Å². The number of carbonyl (C=O) groups is 1. The number of ether oxygens (including phenoxy) is 1. The van der Waals surface area contributed by atoms with Gasteiger partial charge in [0.1, 0.15) is 11.3 Å². The zero-order valence-electron chi connectivity index (χ0n) is 14.4. The van der Waals surface area contributed by atoms with E-state index >= 15 is 0 Å². The SMILES string of the molecule is COc1cccc([C@H]2c3c(oc4ccc(Cl)cc4c3=O)C(=O)N2CCO)c1. The highest BCUT2D eigenvalue weighted by Crippen LogP contribution is 2.38. The van der Waals surface area contributed by atoms with E-state index < -0.39 is 11.9 Å². The molecule has 1 N–H and O–H groups in total. The highest BCUT2D eigenvalue weighted by atomic mass is 35.5. The van der Waals surface area contributed by atoms with Crippen molar-refractivity contribution in [1.82, 2.24) is 4.90 Å². The Hall–Kier alpha value is -2.83. The first-order valence-electron chi connectivity index (χ1n) is 8.37. The summed E-state index contributed by atoms with van der Waals surface area (Å²) < 4.78 is 11.0. The maximum absolute atomic E-state index is 13.2. The lowest BCUT2D eigenvalue weighted by Crippen LogP contribution is -2.32. The van der Waals surface area contributed by atoms with E-state index in [-0.39, 0.29) is 29.9 Å². The molecule has 0 fully saturated rings. The highest BCUT2D eigenvalue weighted by molar-refractivity contribution is 6.31. The monoisotopic (exact) mass is 385 g/mol. The van der Waals surface area contributed by atoms with Gasteiger partial charge in [0.2, 0.25) is 5.76 Å². The molecule has 1 aliphatic rings. The van der Waals surface area contributed by atoms with Gasteiger partial charge >= 0.3 is 0 Å². The Balaban J connectivity index is 2.01. The average Bonchev–Trinajstić information content (AvgIpc) is 2.95. The molecule has 1 atom stereocenters. The predicted octanol–water partition coefficient (Wildman–Crippen LogP) is 2.99. The van der Waals surface area contributed by atoms with Crippen molar-refractivity contribution in [2.75, 3.05) is 20.3 Å². The summed E-state index contributed by atoms with van der Waals surface area (Å²) in [7, 11) is 1.54. The topological polar surface area (TPSA) is 80.0 Å². The third-order valence-electron chi connectivity index (χ3n) is 4.68. The van der Waals surface area contributed by atoms with Crippen molar-refractivity contribution in [3.05, 3.63) is 74.6 Å². The lowest BCUT2D eigenvalue weighted by molar-refractivity contribution is 0.0691. The van der Waals surface area contributed by atoms with E-state index in [1.54, 1.807) is 37.4 Å². The molecule has 7 heteroatoms. The van der Waals surface area contributed by atoms with Crippen LogP contribution in [0.2, 0.25) is 5.02 Å². The minimum Gasteiger partial charge on any atom is -0.497 e. The van der Waals surface area contributed by atoms with Crippen LogP contribution in [0.25, 0.3) is 11.0 Å². The van der Waals surface area contributed by atoms with Crippen molar-refractivity contribution >= 4 is 28.5 Å². The molecule has 27 heavy (non-hydrogen) atoms. The van der Waals surface area contributed by atoms with Crippen LogP contribution in [0, 0.1) is 0 Å². The van der Waals surface area contributed by atoms with Gasteiger partial charge in [0.15, 0.2) is 5.43 Å². The Labute approximate surface area is 159 Å². The van der Waals surface area contributed by atoms with Crippen LogP contribution in [0.1, 0.15) is 27.7 Å². The Morgan fingerprint density at radius 3 is 2.78 bits per heavy atom. The summed E-state index contributed by atoms with van der Waals surface area (Å²) in [5, 5.41) is 10.2. The number of hydrogen-bond donors (Lipinski definition) is 1. The summed E-state index contributed by atoms with van der Waals surface area (Å²) in [6.45, 7) is -0.165. The van der Waals surface area contributed by atoms with Gasteiger partial charge < -0.3 is 19.2 Å². The summed E-state index contributed by atoms with van der Waals surface area (Å²) >= 11 is 6.03. The average molecular weight is 386 g/mol. The van der Waals surface area contributed by atoms with Gasteiger partial charge in [0.05, 0.1) is 30.7 Å². The van der Waals surface area contributed by atoms with Crippen LogP contribution < -0.4 is 10.2 Å². The molecule has 2 aromatic carbocycles. The van der Waals surface area contributed by atoms with E-state index in [2.05, 4.69) is 0 Å². The third kappa shape index (κ3) is 2.78. The normalized spacial score (nSPS) is 16.0. The number of benzene rings is 2. The van der Waals surface area contributed by atoms with E-state index in [9.17, 15) is 14.7 Å². The number of aliphatic hydroxyl groups is 1. The standard InChI is InChI=1S/C20H16ClNO5/c1-26-13-4-2-3-11(9-13)17-16-18(24)14-10-12(21)5-6-15(14)27-19(16)20(25)22(17)7-8-23/h2-6,9-10,17,23H,7-8H2,1H3/t17-/m0/s1. The summed E-state index contributed by atoms with van der Waals surface area (Å²) in [4.78, 5) is 27.6. The van der Waals surface area contributed by atoms with Crippen LogP contribution in [-0.2, 0) is 0 Å². The second-order valence-corrected chi connectivity index (χ2v) is 6.65. The number of rotatable bonds is 4. The van der Waals surface area contributed by atoms with Gasteiger partial charge in [-0.2, -0.15) is 0 Å². The zero-order chi connectivity index (χ0) is 19.1. The molecule has 1 amide bonds. The molecule has 2 heterocycles. The van der Waals surface area contributed by atoms with E-state index in [0.29, 0.717) is 27.3 Å². The molecule has 1 aromatic heterocycles. The van der Waals surface area contributed by atoms with Crippen LogP contribution in [0.15, 0.2) is 51.7 Å². The molecule has 0 unspecified atom stereocenters. The largest absolute Gasteiger partial charge is 0.497 e. The van der Waals surface area contributed by atoms with Gasteiger partial charge in [0.25, 0.3) is 5.91 Å². The molecule has 3 aromatic rings. The van der Waals surface area contributed by atoms with Crippen molar-refractivity contribution in [3.63, 3.8) is 0 Å². The molecule has 1 aliphatic heterocycles. The second-order valence-electron chi connectivity index (χ2n) is 6.22. The van der Waals surface area contributed by atoms with E-state index in [1.807, 2.05) is 6.07 Å². The molecule has 0 radical (unpaired) electrons. The number of hydrogen-bond acceptors (Lipinski definition) is 5. The third-order valence-corrected chi connectivity index (χ3v) is 4.91. The molecule has 0 bridgehead atoms. The number of carbonyl (C=O) groups excluding carboxylic acids is 1. The fraction of sp³-hybridized carbons (Fsp3) is 0.200. The van der Waals surface area contributed by atoms with Crippen LogP contribution in [0.3, 0.4) is 0 Å². The lowest BCUT2D eigenvalue weighted by atomic mass is 9.98. The first-order chi connectivity index (χ1) is 13.0. The molecule has 138 valence electrons. The number of β-amino-alcohol motifs (C(OH)–C–C–N with tert-alkyl or cyclic N) is 1. The molecule has 0 aliphatic carbocycles. The number of fused-ring (bicyclic) bond motifs is 2. The molecule has 6 nitrogen and oxygen atoms in total. The first kappa shape index (κ1) is 17.6. The summed E-state index contributed by atoms with van der Waals surface area (Å²) in [5.41, 5.74) is 0.933. The maximum Gasteiger partial charge on any atom is 0.290 e. The highest BCUT2D eigenvalue weighted by Gasteiger charge is 2.42. The number of amides is 1. The summed E-state index contributed by atoms with van der Waals surface area (Å²) in [6.07, 6.45) is 0. The fourth-order valence-electron chi connectivity index (χ4n) is 3.49. The Morgan fingerprint density at radius 2 is 2.04 bits per heavy atom. The van der Waals surface area contributed by atoms with Crippen LogP contribution in [-0.4, -0.2) is 36.2 Å². The molecule has 0 spiro atoms. The molecule has 0 saturated heterocycles. The van der Waals surface area contributed by atoms with Crippen LogP contribution >= 0.6 is 11.6 Å². The summed E-state index contributed by atoms with van der Waals surface area (Å²) in [6, 6.07) is 11.2. The number of nitrogens with zero attached hydrogens (tertiary/aromatic N) is 1. The number of methoxy groups -OCH3 is 1. The minimum atomic E-state index is -0.672. The fourth-order valence-corrected chi connectivity index (χ4v) is 3.66. The Morgan fingerprint density at radius 1 is 1.22 bits per heavy atom. The van der Waals surface area contributed by atoms with E-state index in [0.717, 1.165) is 0 Å². The van der Waals surface area contributed by atoms with Crippen molar-refractivity contribution in [1.29, 1.82) is 0 Å². The van der Waals surface area contributed by atoms with Crippen molar-refractivity contribution in [3.8, 4) is 5.75 Å². The second kappa shape index (κ2) is 6.72. The smallest absolute Gasteiger partial charge is 0.290 e. The van der Waals surface area contributed by atoms with Crippen molar-refractivity contribution in [2.24, 2.45) is 0 Å². The van der Waals surface area contributed by atoms with Gasteiger partial charge in [0, 0.05) is 11.6 Å². The van der Waals surface area contributed by atoms with E-state index in [4.69, 9.17) is 20.8 Å². The van der Waals surface area contributed by atoms with Crippen molar-refractivity contribution < 1.29 is 19.1 Å². The Bertz CT molecular complexity index is 1110. The van der Waals surface area contributed by atoms with Gasteiger partial charge in [-0.3, -0.25) is 9.59 Å². The van der Waals surface area contributed by atoms with Gasteiger partial charge in [-0.25, -0.2) is 0 Å². The van der Waals surface area contributed by atoms with Gasteiger partial charge in [-0.15, -0.1) is 0 Å². The Kier molecular flexibility index (Phi) is 4.37. The first-order valence-corrected chi connectivity index (χ1v) is 8.75. The predicted molar refractivity (Wildman–Crippen MR) is 100 cm³/mol. The van der Waals surface area contributed by atoms with Gasteiger partial charge in [-0.1, -0.05) is 23.7 Å².